The average Bonchev–Trinajstić information content (AvgIpc) is 2.97. The minimum Gasteiger partial charge on any atom is -0.278 e. The van der Waals surface area contributed by atoms with Gasteiger partial charge in [0.2, 0.25) is 5.91 Å². The van der Waals surface area contributed by atoms with Crippen molar-refractivity contribution in [2.24, 2.45) is 0 Å². The molecule has 1 atom stereocenters. The second-order valence-corrected chi connectivity index (χ2v) is 5.27. The highest BCUT2D eigenvalue weighted by Crippen LogP contribution is 2.23. The lowest BCUT2D eigenvalue weighted by molar-refractivity contribution is -0.117. The molecule has 0 spiro atoms. The van der Waals surface area contributed by atoms with E-state index < -0.39 is 0 Å². The normalized spacial score (nSPS) is 19.2. The van der Waals surface area contributed by atoms with E-state index in [0.29, 0.717) is 24.7 Å². The van der Waals surface area contributed by atoms with Gasteiger partial charge in [0.05, 0.1) is 5.38 Å². The number of rotatable bonds is 2. The number of carbonyl (C=O) groups excluding carboxylic acids is 1. The summed E-state index contributed by atoms with van der Waals surface area (Å²) in [7, 11) is 0. The Morgan fingerprint density at radius 3 is 2.74 bits per heavy atom. The molecule has 0 radical (unpaired) electrons. The summed E-state index contributed by atoms with van der Waals surface area (Å²) >= 11 is 5.96. The molecule has 1 aliphatic rings. The maximum absolute atomic E-state index is 11.7. The van der Waals surface area contributed by atoms with Gasteiger partial charge in [0.15, 0.2) is 5.82 Å². The van der Waals surface area contributed by atoms with Crippen molar-refractivity contribution in [3.63, 3.8) is 0 Å². The molecule has 2 aromatic rings. The summed E-state index contributed by atoms with van der Waals surface area (Å²) in [5.74, 6) is 1.01. The van der Waals surface area contributed by atoms with E-state index in [1.807, 2.05) is 31.2 Å². The Kier molecular flexibility index (Phi) is 2.98. The van der Waals surface area contributed by atoms with E-state index in [1.165, 1.54) is 10.5 Å². The molecule has 5 nitrogen and oxygen atoms in total. The van der Waals surface area contributed by atoms with Gasteiger partial charge >= 0.3 is 0 Å². The zero-order chi connectivity index (χ0) is 13.4. The molecule has 0 bridgehead atoms. The molecule has 98 valence electrons. The third-order valence-corrected chi connectivity index (χ3v) is 3.41. The number of benzene rings is 1. The zero-order valence-electron chi connectivity index (χ0n) is 10.4. The number of aromatic nitrogens is 3. The van der Waals surface area contributed by atoms with Gasteiger partial charge in [-0.25, -0.2) is 0 Å². The van der Waals surface area contributed by atoms with Gasteiger partial charge in [-0.3, -0.25) is 14.8 Å². The van der Waals surface area contributed by atoms with Crippen LogP contribution in [0, 0.1) is 6.92 Å². The second kappa shape index (κ2) is 4.66. The van der Waals surface area contributed by atoms with E-state index >= 15 is 0 Å². The van der Waals surface area contributed by atoms with Crippen molar-refractivity contribution in [3.05, 3.63) is 29.8 Å². The topological polar surface area (TPSA) is 61.9 Å². The van der Waals surface area contributed by atoms with E-state index in [0.717, 1.165) is 5.56 Å². The lowest BCUT2D eigenvalue weighted by atomic mass is 10.1. The number of amides is 1. The highest BCUT2D eigenvalue weighted by Gasteiger charge is 2.31. The van der Waals surface area contributed by atoms with Crippen LogP contribution in [0.25, 0.3) is 11.4 Å². The van der Waals surface area contributed by atoms with Crippen molar-refractivity contribution in [3.8, 4) is 11.4 Å². The monoisotopic (exact) mass is 276 g/mol. The molecule has 1 aromatic heterocycles. The van der Waals surface area contributed by atoms with Crippen LogP contribution in [0.4, 0.5) is 5.95 Å². The molecule has 1 saturated heterocycles. The first-order valence-corrected chi connectivity index (χ1v) is 6.51. The smallest absolute Gasteiger partial charge is 0.251 e. The summed E-state index contributed by atoms with van der Waals surface area (Å²) in [4.78, 5) is 17.6. The fourth-order valence-electron chi connectivity index (χ4n) is 2.07. The summed E-state index contributed by atoms with van der Waals surface area (Å²) in [5.41, 5.74) is 2.13. The molecule has 1 fully saturated rings. The molecule has 1 unspecified atom stereocenters. The van der Waals surface area contributed by atoms with E-state index in [9.17, 15) is 4.79 Å². The Morgan fingerprint density at radius 2 is 2.11 bits per heavy atom. The molecular weight excluding hydrogens is 264 g/mol. The molecule has 1 aromatic carbocycles. The first-order chi connectivity index (χ1) is 9.13. The summed E-state index contributed by atoms with van der Waals surface area (Å²) in [6.07, 6.45) is 0.343. The number of hydrogen-bond acceptors (Lipinski definition) is 3. The molecule has 19 heavy (non-hydrogen) atoms. The molecule has 0 saturated carbocycles. The number of aryl methyl sites for hydroxylation is 1. The predicted octanol–water partition coefficient (Wildman–Crippen LogP) is 2.12. The minimum absolute atomic E-state index is 0.0329. The molecule has 2 heterocycles. The minimum atomic E-state index is -0.158. The van der Waals surface area contributed by atoms with Crippen molar-refractivity contribution >= 4 is 23.5 Å². The van der Waals surface area contributed by atoms with E-state index in [-0.39, 0.29) is 11.3 Å². The maximum Gasteiger partial charge on any atom is 0.251 e. The number of halogens is 1. The average molecular weight is 277 g/mol. The number of H-pyrrole nitrogens is 1. The second-order valence-electron chi connectivity index (χ2n) is 4.66. The van der Waals surface area contributed by atoms with Gasteiger partial charge in [0, 0.05) is 18.5 Å². The number of alkyl halides is 1. The van der Waals surface area contributed by atoms with Crippen LogP contribution in [0.5, 0.6) is 0 Å². The molecule has 0 aliphatic carbocycles. The number of aromatic amines is 1. The number of anilines is 1. The standard InChI is InChI=1S/C13H13ClN4O/c1-8-2-4-9(5-3-8)12-15-13(17-16-12)18-7-10(14)6-11(18)19/h2-5,10H,6-7H2,1H3,(H,15,16,17). The van der Waals surface area contributed by atoms with Crippen molar-refractivity contribution < 1.29 is 4.79 Å². The highest BCUT2D eigenvalue weighted by molar-refractivity contribution is 6.24. The number of nitrogens with zero attached hydrogens (tertiary/aromatic N) is 3. The van der Waals surface area contributed by atoms with Crippen LogP contribution in [0.3, 0.4) is 0 Å². The van der Waals surface area contributed by atoms with E-state index in [4.69, 9.17) is 11.6 Å². The maximum atomic E-state index is 11.7. The van der Waals surface area contributed by atoms with Crippen molar-refractivity contribution in [1.29, 1.82) is 0 Å². The lowest BCUT2D eigenvalue weighted by Crippen LogP contribution is -2.25. The summed E-state index contributed by atoms with van der Waals surface area (Å²) in [6.45, 7) is 2.49. The first-order valence-electron chi connectivity index (χ1n) is 6.07. The Labute approximate surface area is 115 Å². The van der Waals surface area contributed by atoms with Crippen molar-refractivity contribution in [1.82, 2.24) is 15.2 Å². The SMILES string of the molecule is Cc1ccc(-c2nc(N3CC(Cl)CC3=O)n[nH]2)cc1. The Morgan fingerprint density at radius 1 is 1.37 bits per heavy atom. The third kappa shape index (κ3) is 2.33. The van der Waals surface area contributed by atoms with Gasteiger partial charge in [-0.05, 0) is 6.92 Å². The molecular formula is C13H13ClN4O. The summed E-state index contributed by atoms with van der Waals surface area (Å²) in [5, 5.41) is 6.79. The van der Waals surface area contributed by atoms with Crippen LogP contribution >= 0.6 is 11.6 Å². The largest absolute Gasteiger partial charge is 0.278 e. The van der Waals surface area contributed by atoms with Gasteiger partial charge in [-0.2, -0.15) is 4.98 Å². The molecule has 1 amide bonds. The number of carbonyl (C=O) groups is 1. The predicted molar refractivity (Wildman–Crippen MR) is 73.2 cm³/mol. The van der Waals surface area contributed by atoms with Gasteiger partial charge in [0.1, 0.15) is 0 Å². The molecule has 6 heteroatoms. The Bertz CT molecular complexity index is 607. The van der Waals surface area contributed by atoms with Crippen LogP contribution < -0.4 is 4.90 Å². The number of hydrogen-bond donors (Lipinski definition) is 1. The van der Waals surface area contributed by atoms with Gasteiger partial charge in [-0.1, -0.05) is 29.8 Å². The van der Waals surface area contributed by atoms with Crippen molar-refractivity contribution in [2.75, 3.05) is 11.4 Å². The highest BCUT2D eigenvalue weighted by atomic mass is 35.5. The van der Waals surface area contributed by atoms with Crippen LogP contribution in [0.2, 0.25) is 0 Å². The summed E-state index contributed by atoms with van der Waals surface area (Å²) < 4.78 is 0. The van der Waals surface area contributed by atoms with Gasteiger partial charge in [-0.15, -0.1) is 16.7 Å². The molecule has 3 rings (SSSR count). The van der Waals surface area contributed by atoms with Crippen molar-refractivity contribution in [2.45, 2.75) is 18.7 Å². The van der Waals surface area contributed by atoms with Gasteiger partial charge < -0.3 is 0 Å². The first kappa shape index (κ1) is 12.2. The fraction of sp³-hybridized carbons (Fsp3) is 0.308. The Hall–Kier alpha value is -1.88. The zero-order valence-corrected chi connectivity index (χ0v) is 11.2. The molecule has 1 aliphatic heterocycles. The third-order valence-electron chi connectivity index (χ3n) is 3.12. The Balaban J connectivity index is 1.87. The van der Waals surface area contributed by atoms with Crippen LogP contribution in [0.15, 0.2) is 24.3 Å². The van der Waals surface area contributed by atoms with Crippen LogP contribution in [-0.4, -0.2) is 33.0 Å². The fourth-order valence-corrected chi connectivity index (χ4v) is 2.34. The van der Waals surface area contributed by atoms with Gasteiger partial charge in [0.25, 0.3) is 5.95 Å². The quantitative estimate of drug-likeness (QED) is 0.855. The van der Waals surface area contributed by atoms with Crippen LogP contribution in [-0.2, 0) is 4.79 Å². The molecule has 1 N–H and O–H groups in total. The number of nitrogens with one attached hydrogen (secondary N) is 1. The summed E-state index contributed by atoms with van der Waals surface area (Å²) in [6, 6.07) is 7.95. The van der Waals surface area contributed by atoms with E-state index in [1.54, 1.807) is 0 Å². The van der Waals surface area contributed by atoms with Crippen LogP contribution in [0.1, 0.15) is 12.0 Å². The lowest BCUT2D eigenvalue weighted by Gasteiger charge is -2.09. The van der Waals surface area contributed by atoms with E-state index in [2.05, 4.69) is 15.2 Å².